The number of ether oxygens (including phenoxy) is 2. The van der Waals surface area contributed by atoms with Crippen molar-refractivity contribution in [2.45, 2.75) is 19.1 Å². The third-order valence-corrected chi connectivity index (χ3v) is 7.04. The summed E-state index contributed by atoms with van der Waals surface area (Å²) in [5.74, 6) is -0.681. The molecule has 31 heavy (non-hydrogen) atoms. The Kier molecular flexibility index (Phi) is 8.32. The second kappa shape index (κ2) is 11.2. The SMILES string of the molecule is COC(C)(OC)c1sccc1-c1ccccc1.O=CCc1cc(-c2ccccc2)cs1. The molecule has 2 aromatic heterocycles. The van der Waals surface area contributed by atoms with Gasteiger partial charge in [-0.15, -0.1) is 22.7 Å². The molecule has 0 saturated heterocycles. The van der Waals surface area contributed by atoms with Crippen LogP contribution in [0.15, 0.2) is 83.6 Å². The van der Waals surface area contributed by atoms with E-state index in [1.54, 1.807) is 36.9 Å². The predicted octanol–water partition coefficient (Wildman–Crippen LogP) is 7.04. The summed E-state index contributed by atoms with van der Waals surface area (Å²) in [4.78, 5) is 12.5. The molecule has 4 rings (SSSR count). The van der Waals surface area contributed by atoms with Crippen LogP contribution in [0.1, 0.15) is 16.7 Å². The minimum absolute atomic E-state index is 0.525. The van der Waals surface area contributed by atoms with E-state index in [1.807, 2.05) is 43.3 Å². The van der Waals surface area contributed by atoms with Gasteiger partial charge in [0.2, 0.25) is 5.79 Å². The normalized spacial score (nSPS) is 10.9. The molecule has 0 atom stereocenters. The van der Waals surface area contributed by atoms with Gasteiger partial charge in [-0.2, -0.15) is 0 Å². The smallest absolute Gasteiger partial charge is 0.201 e. The Morgan fingerprint density at radius 1 is 0.839 bits per heavy atom. The van der Waals surface area contributed by atoms with Gasteiger partial charge < -0.3 is 14.3 Å². The number of thiophene rings is 2. The monoisotopic (exact) mass is 450 g/mol. The molecule has 0 aliphatic heterocycles. The molecule has 0 saturated carbocycles. The van der Waals surface area contributed by atoms with Crippen LogP contribution in [0.25, 0.3) is 22.3 Å². The fraction of sp³-hybridized carbons (Fsp3) is 0.192. The van der Waals surface area contributed by atoms with Gasteiger partial charge in [-0.05, 0) is 46.5 Å². The quantitative estimate of drug-likeness (QED) is 0.224. The summed E-state index contributed by atoms with van der Waals surface area (Å²) in [7, 11) is 3.33. The summed E-state index contributed by atoms with van der Waals surface area (Å²) in [6.07, 6.45) is 1.47. The average molecular weight is 451 g/mol. The van der Waals surface area contributed by atoms with Gasteiger partial charge in [-0.1, -0.05) is 60.7 Å². The van der Waals surface area contributed by atoms with E-state index in [2.05, 4.69) is 47.2 Å². The van der Waals surface area contributed by atoms with Crippen molar-refractivity contribution in [3.05, 3.63) is 93.3 Å². The Bertz CT molecular complexity index is 1060. The maximum absolute atomic E-state index is 10.3. The molecule has 2 aromatic carbocycles. The number of carbonyl (C=O) groups excluding carboxylic acids is 1. The summed E-state index contributed by atoms with van der Waals surface area (Å²) in [5.41, 5.74) is 4.76. The van der Waals surface area contributed by atoms with Gasteiger partial charge in [-0.3, -0.25) is 0 Å². The van der Waals surface area contributed by atoms with Crippen molar-refractivity contribution in [1.29, 1.82) is 0 Å². The van der Waals surface area contributed by atoms with Crippen LogP contribution in [-0.4, -0.2) is 20.5 Å². The lowest BCUT2D eigenvalue weighted by Crippen LogP contribution is -2.25. The van der Waals surface area contributed by atoms with Crippen LogP contribution in [0.2, 0.25) is 0 Å². The molecule has 0 amide bonds. The van der Waals surface area contributed by atoms with Crippen LogP contribution in [0.5, 0.6) is 0 Å². The summed E-state index contributed by atoms with van der Waals surface area (Å²) in [6, 6.07) is 24.7. The lowest BCUT2D eigenvalue weighted by molar-refractivity contribution is -0.199. The highest BCUT2D eigenvalue weighted by Gasteiger charge is 2.30. The molecular formula is C26H26O3S2. The molecule has 4 aromatic rings. The first kappa shape index (κ1) is 23.1. The Hall–Kier alpha value is -2.57. The zero-order chi connectivity index (χ0) is 22.1. The van der Waals surface area contributed by atoms with E-state index in [1.165, 1.54) is 22.3 Å². The Balaban J connectivity index is 0.000000179. The van der Waals surface area contributed by atoms with Gasteiger partial charge in [0.15, 0.2) is 0 Å². The van der Waals surface area contributed by atoms with Gasteiger partial charge in [0.1, 0.15) is 6.29 Å². The molecule has 0 bridgehead atoms. The maximum atomic E-state index is 10.3. The number of rotatable bonds is 7. The number of hydrogen-bond donors (Lipinski definition) is 0. The molecule has 5 heteroatoms. The van der Waals surface area contributed by atoms with Crippen molar-refractivity contribution in [2.75, 3.05) is 14.2 Å². The highest BCUT2D eigenvalue weighted by molar-refractivity contribution is 7.10. The second-order valence-electron chi connectivity index (χ2n) is 6.92. The van der Waals surface area contributed by atoms with Crippen LogP contribution in [-0.2, 0) is 26.5 Å². The van der Waals surface area contributed by atoms with Crippen molar-refractivity contribution < 1.29 is 14.3 Å². The Morgan fingerprint density at radius 3 is 2.03 bits per heavy atom. The van der Waals surface area contributed by atoms with Crippen LogP contribution < -0.4 is 0 Å². The van der Waals surface area contributed by atoms with Gasteiger partial charge in [0.05, 0.1) is 4.88 Å². The van der Waals surface area contributed by atoms with E-state index in [9.17, 15) is 4.79 Å². The Morgan fingerprint density at radius 2 is 1.45 bits per heavy atom. The molecule has 0 spiro atoms. The summed E-state index contributed by atoms with van der Waals surface area (Å²) >= 11 is 3.29. The van der Waals surface area contributed by atoms with Crippen LogP contribution in [0.3, 0.4) is 0 Å². The lowest BCUT2D eigenvalue weighted by atomic mass is 10.0. The standard InChI is InChI=1S/C14H16O2S.C12H10OS/c1-14(15-2,16-3)13-12(9-10-17-13)11-7-5-4-6-8-11;13-7-6-12-8-11(9-14-12)10-4-2-1-3-5-10/h4-10H,1-3H3;1-5,7-9H,6H2. The topological polar surface area (TPSA) is 35.5 Å². The number of aldehydes is 1. The molecular weight excluding hydrogens is 424 g/mol. The van der Waals surface area contributed by atoms with Gasteiger partial charge >= 0.3 is 0 Å². The molecule has 3 nitrogen and oxygen atoms in total. The molecule has 160 valence electrons. The largest absolute Gasteiger partial charge is 0.349 e. The number of hydrogen-bond acceptors (Lipinski definition) is 5. The van der Waals surface area contributed by atoms with E-state index in [0.717, 1.165) is 16.0 Å². The summed E-state index contributed by atoms with van der Waals surface area (Å²) in [5, 5.41) is 4.15. The van der Waals surface area contributed by atoms with E-state index >= 15 is 0 Å². The van der Waals surface area contributed by atoms with E-state index in [4.69, 9.17) is 9.47 Å². The van der Waals surface area contributed by atoms with Crippen molar-refractivity contribution in [3.8, 4) is 22.3 Å². The number of benzene rings is 2. The van der Waals surface area contributed by atoms with Gasteiger partial charge in [-0.25, -0.2) is 0 Å². The van der Waals surface area contributed by atoms with Crippen molar-refractivity contribution in [2.24, 2.45) is 0 Å². The molecule has 0 unspecified atom stereocenters. The number of carbonyl (C=O) groups is 1. The van der Waals surface area contributed by atoms with Crippen molar-refractivity contribution >= 4 is 29.0 Å². The van der Waals surface area contributed by atoms with E-state index in [-0.39, 0.29) is 0 Å². The molecule has 0 aliphatic rings. The third-order valence-electron chi connectivity index (χ3n) is 4.99. The predicted molar refractivity (Wildman–Crippen MR) is 131 cm³/mol. The van der Waals surface area contributed by atoms with Crippen LogP contribution in [0.4, 0.5) is 0 Å². The van der Waals surface area contributed by atoms with E-state index < -0.39 is 5.79 Å². The molecule has 0 N–H and O–H groups in total. The Labute approximate surface area is 191 Å². The number of methoxy groups -OCH3 is 2. The van der Waals surface area contributed by atoms with Crippen LogP contribution >= 0.6 is 22.7 Å². The third kappa shape index (κ3) is 5.77. The minimum atomic E-state index is -0.681. The summed E-state index contributed by atoms with van der Waals surface area (Å²) < 4.78 is 11.0. The van der Waals surface area contributed by atoms with Crippen LogP contribution in [0, 0.1) is 0 Å². The second-order valence-corrected chi connectivity index (χ2v) is 8.83. The highest BCUT2D eigenvalue weighted by Crippen LogP contribution is 2.38. The maximum Gasteiger partial charge on any atom is 0.201 e. The average Bonchev–Trinajstić information content (AvgIpc) is 3.51. The molecule has 0 fully saturated rings. The molecule has 2 heterocycles. The first-order valence-corrected chi connectivity index (χ1v) is 11.7. The first-order chi connectivity index (χ1) is 15.1. The first-order valence-electron chi connectivity index (χ1n) is 9.91. The zero-order valence-electron chi connectivity index (χ0n) is 17.9. The van der Waals surface area contributed by atoms with Gasteiger partial charge in [0, 0.05) is 31.1 Å². The highest BCUT2D eigenvalue weighted by atomic mass is 32.1. The van der Waals surface area contributed by atoms with Gasteiger partial charge in [0.25, 0.3) is 0 Å². The zero-order valence-corrected chi connectivity index (χ0v) is 19.5. The molecule has 0 aliphatic carbocycles. The fourth-order valence-corrected chi connectivity index (χ4v) is 5.00. The minimum Gasteiger partial charge on any atom is -0.349 e. The summed E-state index contributed by atoms with van der Waals surface area (Å²) in [6.45, 7) is 1.94. The van der Waals surface area contributed by atoms with E-state index in [0.29, 0.717) is 6.42 Å². The van der Waals surface area contributed by atoms with Crippen molar-refractivity contribution in [3.63, 3.8) is 0 Å². The fourth-order valence-electron chi connectivity index (χ4n) is 3.13. The van der Waals surface area contributed by atoms with Crippen molar-refractivity contribution in [1.82, 2.24) is 0 Å². The lowest BCUT2D eigenvalue weighted by Gasteiger charge is -2.26. The molecule has 0 radical (unpaired) electrons.